The van der Waals surface area contributed by atoms with Crippen molar-refractivity contribution in [3.05, 3.63) is 58.5 Å². The van der Waals surface area contributed by atoms with Crippen LogP contribution in [0.3, 0.4) is 0 Å². The van der Waals surface area contributed by atoms with Crippen LogP contribution in [0.4, 0.5) is 5.69 Å². The fraction of sp³-hybridized carbons (Fsp3) is 0.385. The summed E-state index contributed by atoms with van der Waals surface area (Å²) in [6.45, 7) is 4.48. The van der Waals surface area contributed by atoms with Crippen molar-refractivity contribution in [1.82, 2.24) is 5.32 Å². The van der Waals surface area contributed by atoms with E-state index in [1.54, 1.807) is 19.1 Å². The minimum Gasteiger partial charge on any atom is -0.496 e. The summed E-state index contributed by atoms with van der Waals surface area (Å²) in [6.07, 6.45) is 5.25. The SMILES string of the molecule is COc1ccccc1/C=C1/Sc2ccc(C(=O)N[C@@H]3CCC[C@@H](C)[C@H]3C)cc2N(C)C1=O. The molecule has 5 nitrogen and oxygen atoms in total. The van der Waals surface area contributed by atoms with Crippen LogP contribution in [-0.4, -0.2) is 32.0 Å². The second kappa shape index (κ2) is 9.41. The number of amides is 2. The molecule has 4 rings (SSSR count). The first-order chi connectivity index (χ1) is 15.4. The van der Waals surface area contributed by atoms with E-state index in [2.05, 4.69) is 19.2 Å². The third-order valence-corrected chi connectivity index (χ3v) is 7.84. The van der Waals surface area contributed by atoms with Crippen LogP contribution < -0.4 is 15.0 Å². The molecule has 3 atom stereocenters. The summed E-state index contributed by atoms with van der Waals surface area (Å²) in [5.74, 6) is 1.64. The van der Waals surface area contributed by atoms with Crippen molar-refractivity contribution in [3.63, 3.8) is 0 Å². The Hall–Kier alpha value is -2.73. The minimum absolute atomic E-state index is 0.0695. The highest BCUT2D eigenvalue weighted by atomic mass is 32.2. The van der Waals surface area contributed by atoms with Crippen molar-refractivity contribution in [2.24, 2.45) is 11.8 Å². The molecular weight excluding hydrogens is 420 g/mol. The molecule has 0 spiro atoms. The number of anilines is 1. The Morgan fingerprint density at radius 2 is 1.97 bits per heavy atom. The third-order valence-electron chi connectivity index (χ3n) is 6.77. The van der Waals surface area contributed by atoms with Gasteiger partial charge in [-0.05, 0) is 48.6 Å². The smallest absolute Gasteiger partial charge is 0.264 e. The van der Waals surface area contributed by atoms with Crippen molar-refractivity contribution in [2.75, 3.05) is 19.1 Å². The molecule has 1 heterocycles. The fourth-order valence-corrected chi connectivity index (χ4v) is 5.58. The Balaban J connectivity index is 1.56. The van der Waals surface area contributed by atoms with E-state index in [4.69, 9.17) is 4.74 Å². The lowest BCUT2D eigenvalue weighted by Gasteiger charge is -2.34. The molecule has 6 heteroatoms. The van der Waals surface area contributed by atoms with Gasteiger partial charge in [0.1, 0.15) is 5.75 Å². The standard InChI is InChI=1S/C26H30N2O3S/c1-16-8-7-10-20(17(16)2)27-25(29)19-12-13-23-21(14-19)28(3)26(30)24(32-23)15-18-9-5-6-11-22(18)31-4/h5-6,9,11-17,20H,7-8,10H2,1-4H3,(H,27,29)/b24-15+/t16-,17-,20-/m1/s1. The Morgan fingerprint density at radius 3 is 2.75 bits per heavy atom. The van der Waals surface area contributed by atoms with E-state index < -0.39 is 0 Å². The first-order valence-electron chi connectivity index (χ1n) is 11.1. The number of likely N-dealkylation sites (N-methyl/N-ethyl adjacent to an activating group) is 1. The lowest BCUT2D eigenvalue weighted by atomic mass is 9.78. The van der Waals surface area contributed by atoms with Crippen LogP contribution in [0.5, 0.6) is 5.75 Å². The highest BCUT2D eigenvalue weighted by molar-refractivity contribution is 8.04. The molecule has 32 heavy (non-hydrogen) atoms. The van der Waals surface area contributed by atoms with Gasteiger partial charge in [-0.3, -0.25) is 9.59 Å². The molecule has 2 amide bonds. The molecule has 2 aliphatic rings. The Kier molecular flexibility index (Phi) is 6.60. The summed E-state index contributed by atoms with van der Waals surface area (Å²) in [4.78, 5) is 29.2. The maximum absolute atomic E-state index is 13.1. The van der Waals surface area contributed by atoms with Gasteiger partial charge < -0.3 is 15.0 Å². The molecule has 1 aliphatic carbocycles. The zero-order valence-electron chi connectivity index (χ0n) is 19.1. The molecule has 168 valence electrons. The molecule has 1 fully saturated rings. The number of methoxy groups -OCH3 is 1. The summed E-state index contributed by atoms with van der Waals surface area (Å²) >= 11 is 1.42. The van der Waals surface area contributed by atoms with Gasteiger partial charge in [0.05, 0.1) is 17.7 Å². The lowest BCUT2D eigenvalue weighted by molar-refractivity contribution is -0.114. The minimum atomic E-state index is -0.0966. The zero-order chi connectivity index (χ0) is 22.8. The van der Waals surface area contributed by atoms with E-state index in [1.165, 1.54) is 18.2 Å². The van der Waals surface area contributed by atoms with E-state index in [1.807, 2.05) is 48.5 Å². The monoisotopic (exact) mass is 450 g/mol. The molecule has 0 saturated heterocycles. The number of para-hydroxylation sites is 1. The van der Waals surface area contributed by atoms with Gasteiger partial charge >= 0.3 is 0 Å². The number of hydrogen-bond acceptors (Lipinski definition) is 4. The zero-order valence-corrected chi connectivity index (χ0v) is 19.9. The average Bonchev–Trinajstić information content (AvgIpc) is 2.80. The normalized spacial score (nSPS) is 24.2. The molecule has 0 radical (unpaired) electrons. The number of nitrogens with zero attached hydrogens (tertiary/aromatic N) is 1. The van der Waals surface area contributed by atoms with Crippen molar-refractivity contribution in [2.45, 2.75) is 44.0 Å². The number of thioether (sulfide) groups is 1. The van der Waals surface area contributed by atoms with Gasteiger partial charge in [0.2, 0.25) is 0 Å². The van der Waals surface area contributed by atoms with Gasteiger partial charge in [0.15, 0.2) is 0 Å². The summed E-state index contributed by atoms with van der Waals surface area (Å²) in [7, 11) is 3.37. The number of carbonyl (C=O) groups is 2. The largest absolute Gasteiger partial charge is 0.496 e. The number of benzene rings is 2. The predicted molar refractivity (Wildman–Crippen MR) is 130 cm³/mol. The van der Waals surface area contributed by atoms with Gasteiger partial charge in [-0.1, -0.05) is 56.7 Å². The summed E-state index contributed by atoms with van der Waals surface area (Å²) in [6, 6.07) is 13.4. The fourth-order valence-electron chi connectivity index (χ4n) is 4.50. The predicted octanol–water partition coefficient (Wildman–Crippen LogP) is 5.36. The maximum Gasteiger partial charge on any atom is 0.264 e. The van der Waals surface area contributed by atoms with E-state index in [9.17, 15) is 9.59 Å². The molecule has 0 bridgehead atoms. The van der Waals surface area contributed by atoms with Crippen LogP contribution in [0, 0.1) is 11.8 Å². The second-order valence-corrected chi connectivity index (χ2v) is 9.83. The van der Waals surface area contributed by atoms with Crippen LogP contribution in [0.1, 0.15) is 49.0 Å². The van der Waals surface area contributed by atoms with E-state index in [0.29, 0.717) is 22.3 Å². The van der Waals surface area contributed by atoms with Crippen molar-refractivity contribution in [3.8, 4) is 5.75 Å². The maximum atomic E-state index is 13.1. The third kappa shape index (κ3) is 4.42. The van der Waals surface area contributed by atoms with Gasteiger partial charge in [-0.2, -0.15) is 0 Å². The number of nitrogens with one attached hydrogen (secondary N) is 1. The number of hydrogen-bond donors (Lipinski definition) is 1. The number of ether oxygens (including phenoxy) is 1. The summed E-state index contributed by atoms with van der Waals surface area (Å²) in [5.41, 5.74) is 2.20. The average molecular weight is 451 g/mol. The molecule has 1 aliphatic heterocycles. The van der Waals surface area contributed by atoms with Crippen LogP contribution in [0.15, 0.2) is 52.3 Å². The Bertz CT molecular complexity index is 1060. The van der Waals surface area contributed by atoms with Crippen LogP contribution >= 0.6 is 11.8 Å². The number of fused-ring (bicyclic) bond motifs is 1. The highest BCUT2D eigenvalue weighted by Gasteiger charge is 2.30. The quantitative estimate of drug-likeness (QED) is 0.637. The molecule has 2 aromatic carbocycles. The molecule has 0 unspecified atom stereocenters. The molecule has 1 saturated carbocycles. The topological polar surface area (TPSA) is 58.6 Å². The number of carbonyl (C=O) groups excluding carboxylic acids is 2. The van der Waals surface area contributed by atoms with Crippen molar-refractivity contribution < 1.29 is 14.3 Å². The first-order valence-corrected chi connectivity index (χ1v) is 12.0. The molecule has 2 aromatic rings. The van der Waals surface area contributed by atoms with Gasteiger partial charge in [-0.25, -0.2) is 0 Å². The van der Waals surface area contributed by atoms with Gasteiger partial charge in [-0.15, -0.1) is 0 Å². The summed E-state index contributed by atoms with van der Waals surface area (Å²) in [5, 5.41) is 3.23. The van der Waals surface area contributed by atoms with Crippen molar-refractivity contribution >= 4 is 35.3 Å². The van der Waals surface area contributed by atoms with Crippen molar-refractivity contribution in [1.29, 1.82) is 0 Å². The molecule has 0 aromatic heterocycles. The second-order valence-electron chi connectivity index (χ2n) is 8.75. The highest BCUT2D eigenvalue weighted by Crippen LogP contribution is 2.42. The van der Waals surface area contributed by atoms with E-state index >= 15 is 0 Å². The Labute approximate surface area is 194 Å². The lowest BCUT2D eigenvalue weighted by Crippen LogP contribution is -2.43. The first kappa shape index (κ1) is 22.5. The number of rotatable bonds is 4. The van der Waals surface area contributed by atoms with Crippen LogP contribution in [0.2, 0.25) is 0 Å². The Morgan fingerprint density at radius 1 is 1.19 bits per heavy atom. The summed E-state index contributed by atoms with van der Waals surface area (Å²) < 4.78 is 5.41. The molecule has 1 N–H and O–H groups in total. The van der Waals surface area contributed by atoms with Gasteiger partial charge in [0.25, 0.3) is 11.8 Å². The van der Waals surface area contributed by atoms with Gasteiger partial charge in [0, 0.05) is 29.1 Å². The van der Waals surface area contributed by atoms with Crippen LogP contribution in [-0.2, 0) is 4.79 Å². The van der Waals surface area contributed by atoms with E-state index in [-0.39, 0.29) is 17.9 Å². The van der Waals surface area contributed by atoms with E-state index in [0.717, 1.165) is 34.7 Å². The van der Waals surface area contributed by atoms with Crippen LogP contribution in [0.25, 0.3) is 6.08 Å². The molecular formula is C26H30N2O3S.